The minimum Gasteiger partial charge on any atom is -0.313 e. The van der Waals surface area contributed by atoms with Crippen molar-refractivity contribution in [1.29, 1.82) is 0 Å². The summed E-state index contributed by atoms with van der Waals surface area (Å²) in [6, 6.07) is 9.94. The predicted molar refractivity (Wildman–Crippen MR) is 77.3 cm³/mol. The van der Waals surface area contributed by atoms with Gasteiger partial charge in [0.05, 0.1) is 0 Å². The fourth-order valence-corrected chi connectivity index (χ4v) is 3.40. The number of H-pyrrole nitrogens is 1. The lowest BCUT2D eigenvalue weighted by Gasteiger charge is -2.05. The molecular formula is C14H14N2OS. The van der Waals surface area contributed by atoms with Crippen LogP contribution in [0.25, 0.3) is 21.0 Å². The highest BCUT2D eigenvalue weighted by Gasteiger charge is 2.08. The van der Waals surface area contributed by atoms with Gasteiger partial charge in [0, 0.05) is 22.2 Å². The van der Waals surface area contributed by atoms with E-state index in [-0.39, 0.29) is 5.56 Å². The predicted octanol–water partition coefficient (Wildman–Crippen LogP) is 2.80. The number of pyridine rings is 1. The Hall–Kier alpha value is -1.65. The van der Waals surface area contributed by atoms with Crippen LogP contribution in [0.4, 0.5) is 0 Å². The molecule has 0 aliphatic heterocycles. The van der Waals surface area contributed by atoms with Crippen LogP contribution in [0.2, 0.25) is 0 Å². The minimum absolute atomic E-state index is 0.00338. The number of nitrogens with one attached hydrogen (secondary N) is 1. The number of hydrogen-bond acceptors (Lipinski definition) is 3. The van der Waals surface area contributed by atoms with Crippen LogP contribution in [0.5, 0.6) is 0 Å². The molecule has 2 aromatic heterocycles. The molecule has 0 aliphatic rings. The van der Waals surface area contributed by atoms with Crippen molar-refractivity contribution in [2.75, 3.05) is 14.1 Å². The van der Waals surface area contributed by atoms with Crippen molar-refractivity contribution >= 4 is 32.3 Å². The molecule has 0 saturated heterocycles. The summed E-state index contributed by atoms with van der Waals surface area (Å²) in [6.07, 6.45) is 0. The fourth-order valence-electron chi connectivity index (χ4n) is 2.21. The molecular weight excluding hydrogens is 244 g/mol. The first-order valence-electron chi connectivity index (χ1n) is 5.83. The molecule has 0 unspecified atom stereocenters. The smallest absolute Gasteiger partial charge is 0.256 e. The average molecular weight is 258 g/mol. The highest BCUT2D eigenvalue weighted by Crippen LogP contribution is 2.28. The molecule has 0 saturated carbocycles. The molecule has 3 rings (SSSR count). The first kappa shape index (κ1) is 11.4. The zero-order valence-electron chi connectivity index (χ0n) is 10.4. The Morgan fingerprint density at radius 3 is 2.61 bits per heavy atom. The van der Waals surface area contributed by atoms with E-state index in [9.17, 15) is 4.79 Å². The Morgan fingerprint density at radius 2 is 1.89 bits per heavy atom. The summed E-state index contributed by atoms with van der Waals surface area (Å²) in [4.78, 5) is 19.3. The summed E-state index contributed by atoms with van der Waals surface area (Å²) in [6.45, 7) is 0.899. The van der Waals surface area contributed by atoms with Gasteiger partial charge in [0.25, 0.3) is 5.56 Å². The van der Waals surface area contributed by atoms with Crippen molar-refractivity contribution in [2.45, 2.75) is 6.54 Å². The molecule has 4 heteroatoms. The number of rotatable bonds is 2. The maximum absolute atomic E-state index is 12.0. The van der Waals surface area contributed by atoms with E-state index in [1.165, 1.54) is 4.88 Å². The van der Waals surface area contributed by atoms with Gasteiger partial charge in [-0.15, -0.1) is 11.3 Å². The molecule has 2 heterocycles. The van der Waals surface area contributed by atoms with Crippen LogP contribution >= 0.6 is 11.3 Å². The second-order valence-corrected chi connectivity index (χ2v) is 5.83. The fraction of sp³-hybridized carbons (Fsp3) is 0.214. The SMILES string of the molecule is CN(C)Cc1cc2c([nH]c(=O)c3ccccc32)s1. The van der Waals surface area contributed by atoms with Gasteiger partial charge in [-0.3, -0.25) is 4.79 Å². The molecule has 0 atom stereocenters. The van der Waals surface area contributed by atoms with Gasteiger partial charge in [-0.2, -0.15) is 0 Å². The maximum atomic E-state index is 12.0. The molecule has 0 aliphatic carbocycles. The lowest BCUT2D eigenvalue weighted by atomic mass is 10.1. The Morgan fingerprint density at radius 1 is 1.17 bits per heavy atom. The average Bonchev–Trinajstić information content (AvgIpc) is 2.71. The normalized spacial score (nSPS) is 11.7. The highest BCUT2D eigenvalue weighted by atomic mass is 32.1. The van der Waals surface area contributed by atoms with E-state index in [0.29, 0.717) is 0 Å². The van der Waals surface area contributed by atoms with E-state index in [0.717, 1.165) is 27.5 Å². The number of nitrogens with zero attached hydrogens (tertiary/aromatic N) is 1. The first-order chi connectivity index (χ1) is 8.65. The van der Waals surface area contributed by atoms with Crippen LogP contribution < -0.4 is 5.56 Å². The van der Waals surface area contributed by atoms with Crippen LogP contribution in [0.1, 0.15) is 4.88 Å². The molecule has 1 N–H and O–H groups in total. The third-order valence-electron chi connectivity index (χ3n) is 2.94. The van der Waals surface area contributed by atoms with E-state index in [4.69, 9.17) is 0 Å². The molecule has 0 spiro atoms. The molecule has 92 valence electrons. The summed E-state index contributed by atoms with van der Waals surface area (Å²) in [7, 11) is 4.09. The summed E-state index contributed by atoms with van der Waals surface area (Å²) in [5.74, 6) is 0. The van der Waals surface area contributed by atoms with Crippen LogP contribution in [-0.2, 0) is 6.54 Å². The van der Waals surface area contributed by atoms with Gasteiger partial charge in [0.2, 0.25) is 0 Å². The summed E-state index contributed by atoms with van der Waals surface area (Å²) in [5, 5.41) is 2.95. The van der Waals surface area contributed by atoms with Crippen molar-refractivity contribution in [3.05, 3.63) is 45.6 Å². The zero-order valence-corrected chi connectivity index (χ0v) is 11.2. The number of aromatic nitrogens is 1. The number of benzene rings is 1. The molecule has 3 nitrogen and oxygen atoms in total. The topological polar surface area (TPSA) is 36.1 Å². The van der Waals surface area contributed by atoms with Gasteiger partial charge in [-0.25, -0.2) is 0 Å². The zero-order chi connectivity index (χ0) is 12.7. The Bertz CT molecular complexity index is 770. The molecule has 0 amide bonds. The monoisotopic (exact) mass is 258 g/mol. The lowest BCUT2D eigenvalue weighted by molar-refractivity contribution is 0.406. The van der Waals surface area contributed by atoms with Crippen LogP contribution in [0, 0.1) is 0 Å². The van der Waals surface area contributed by atoms with Crippen molar-refractivity contribution < 1.29 is 0 Å². The van der Waals surface area contributed by atoms with Crippen molar-refractivity contribution in [3.8, 4) is 0 Å². The second kappa shape index (κ2) is 4.23. The standard InChI is InChI=1S/C14H14N2OS/c1-16(2)8-9-7-12-10-5-3-4-6-11(10)13(17)15-14(12)18-9/h3-7H,8H2,1-2H3,(H,15,17). The Kier molecular flexibility index (Phi) is 2.69. The van der Waals surface area contributed by atoms with Crippen molar-refractivity contribution in [1.82, 2.24) is 9.88 Å². The molecule has 3 aromatic rings. The van der Waals surface area contributed by atoms with E-state index in [2.05, 4.69) is 16.0 Å². The first-order valence-corrected chi connectivity index (χ1v) is 6.65. The van der Waals surface area contributed by atoms with Crippen molar-refractivity contribution in [3.63, 3.8) is 0 Å². The summed E-state index contributed by atoms with van der Waals surface area (Å²) in [5.41, 5.74) is -0.00338. The van der Waals surface area contributed by atoms with Crippen LogP contribution in [0.3, 0.4) is 0 Å². The lowest BCUT2D eigenvalue weighted by Crippen LogP contribution is -2.09. The molecule has 0 radical (unpaired) electrons. The van der Waals surface area contributed by atoms with Gasteiger partial charge < -0.3 is 9.88 Å². The van der Waals surface area contributed by atoms with Crippen LogP contribution in [0.15, 0.2) is 35.1 Å². The third-order valence-corrected chi connectivity index (χ3v) is 3.98. The van der Waals surface area contributed by atoms with Crippen LogP contribution in [-0.4, -0.2) is 24.0 Å². The summed E-state index contributed by atoms with van der Waals surface area (Å²) < 4.78 is 0. The highest BCUT2D eigenvalue weighted by molar-refractivity contribution is 7.18. The number of fused-ring (bicyclic) bond motifs is 3. The summed E-state index contributed by atoms with van der Waals surface area (Å²) >= 11 is 1.66. The number of thiophene rings is 1. The quantitative estimate of drug-likeness (QED) is 0.767. The van der Waals surface area contributed by atoms with Gasteiger partial charge in [0.15, 0.2) is 0 Å². The number of hydrogen-bond donors (Lipinski definition) is 1. The largest absolute Gasteiger partial charge is 0.313 e. The van der Waals surface area contributed by atoms with Gasteiger partial charge >= 0.3 is 0 Å². The van der Waals surface area contributed by atoms with Crippen molar-refractivity contribution in [2.24, 2.45) is 0 Å². The molecule has 0 fully saturated rings. The molecule has 1 aromatic carbocycles. The minimum atomic E-state index is -0.00338. The van der Waals surface area contributed by atoms with Gasteiger partial charge in [0.1, 0.15) is 4.83 Å². The maximum Gasteiger partial charge on any atom is 0.256 e. The van der Waals surface area contributed by atoms with E-state index in [1.807, 2.05) is 38.4 Å². The van der Waals surface area contributed by atoms with Gasteiger partial charge in [-0.05, 0) is 31.6 Å². The number of aromatic amines is 1. The van der Waals surface area contributed by atoms with E-state index < -0.39 is 0 Å². The van der Waals surface area contributed by atoms with E-state index >= 15 is 0 Å². The molecule has 18 heavy (non-hydrogen) atoms. The Balaban J connectivity index is 2.33. The molecule has 0 bridgehead atoms. The Labute approximate surface area is 109 Å². The van der Waals surface area contributed by atoms with E-state index in [1.54, 1.807) is 11.3 Å². The second-order valence-electron chi connectivity index (χ2n) is 4.69. The third kappa shape index (κ3) is 1.83. The van der Waals surface area contributed by atoms with Gasteiger partial charge in [-0.1, -0.05) is 18.2 Å².